The molecule has 1 aromatic heterocycles. The van der Waals surface area contributed by atoms with Crippen molar-refractivity contribution in [2.45, 2.75) is 31.1 Å². The standard InChI is InChI=1S/C13H22N4O2S/c18-20(19,13-3-4-13)17-8-2-6-15(10-12-17)9-11-16-7-1-5-14-16/h1,5,7,13H,2-4,6,8-12H2. The molecule has 6 nitrogen and oxygen atoms in total. The lowest BCUT2D eigenvalue weighted by Gasteiger charge is -2.21. The topological polar surface area (TPSA) is 58.4 Å². The Labute approximate surface area is 120 Å². The molecule has 1 aromatic rings. The summed E-state index contributed by atoms with van der Waals surface area (Å²) in [5.41, 5.74) is 0. The Hall–Kier alpha value is -0.920. The average molecular weight is 298 g/mol. The van der Waals surface area contributed by atoms with Crippen LogP contribution >= 0.6 is 0 Å². The van der Waals surface area contributed by atoms with E-state index in [4.69, 9.17) is 0 Å². The Bertz CT molecular complexity index is 525. The Kier molecular flexibility index (Phi) is 4.09. The lowest BCUT2D eigenvalue weighted by atomic mass is 10.4. The van der Waals surface area contributed by atoms with Gasteiger partial charge < -0.3 is 4.90 Å². The lowest BCUT2D eigenvalue weighted by Crippen LogP contribution is -2.37. The minimum Gasteiger partial charge on any atom is -0.300 e. The van der Waals surface area contributed by atoms with Crippen LogP contribution in [0, 0.1) is 0 Å². The zero-order chi connectivity index (χ0) is 14.0. The van der Waals surface area contributed by atoms with Gasteiger partial charge >= 0.3 is 0 Å². The summed E-state index contributed by atoms with van der Waals surface area (Å²) < 4.78 is 28.1. The molecule has 0 spiro atoms. The van der Waals surface area contributed by atoms with Gasteiger partial charge in [0.15, 0.2) is 0 Å². The summed E-state index contributed by atoms with van der Waals surface area (Å²) in [7, 11) is -3.00. The van der Waals surface area contributed by atoms with Crippen molar-refractivity contribution in [3.8, 4) is 0 Å². The highest BCUT2D eigenvalue weighted by atomic mass is 32.2. The van der Waals surface area contributed by atoms with Crippen molar-refractivity contribution in [1.29, 1.82) is 0 Å². The molecule has 1 aliphatic carbocycles. The van der Waals surface area contributed by atoms with Crippen molar-refractivity contribution < 1.29 is 8.42 Å². The molecule has 2 aliphatic rings. The average Bonchev–Trinajstić information content (AvgIpc) is 3.21. The second-order valence-corrected chi connectivity index (χ2v) is 7.82. The fraction of sp³-hybridized carbons (Fsp3) is 0.769. The van der Waals surface area contributed by atoms with E-state index in [0.717, 1.165) is 45.4 Å². The van der Waals surface area contributed by atoms with E-state index in [-0.39, 0.29) is 5.25 Å². The van der Waals surface area contributed by atoms with Crippen LogP contribution in [0.1, 0.15) is 19.3 Å². The quantitative estimate of drug-likeness (QED) is 0.789. The van der Waals surface area contributed by atoms with E-state index in [1.54, 1.807) is 10.5 Å². The van der Waals surface area contributed by atoms with E-state index >= 15 is 0 Å². The van der Waals surface area contributed by atoms with Gasteiger partial charge in [-0.15, -0.1) is 0 Å². The molecule has 0 atom stereocenters. The molecule has 7 heteroatoms. The third-order valence-corrected chi connectivity index (χ3v) is 6.46. The molecule has 1 saturated heterocycles. The highest BCUT2D eigenvalue weighted by Gasteiger charge is 2.40. The predicted molar refractivity (Wildman–Crippen MR) is 76.8 cm³/mol. The third-order valence-electron chi connectivity index (χ3n) is 4.06. The Balaban J connectivity index is 1.51. The number of rotatable bonds is 5. The summed E-state index contributed by atoms with van der Waals surface area (Å²) in [5.74, 6) is 0. The van der Waals surface area contributed by atoms with Crippen molar-refractivity contribution in [2.24, 2.45) is 0 Å². The van der Waals surface area contributed by atoms with Gasteiger partial charge in [0, 0.05) is 38.6 Å². The van der Waals surface area contributed by atoms with Gasteiger partial charge in [-0.05, 0) is 31.9 Å². The minimum atomic E-state index is -3.00. The molecule has 0 bridgehead atoms. The summed E-state index contributed by atoms with van der Waals surface area (Å²) in [6.45, 7) is 4.90. The first kappa shape index (κ1) is 14.0. The molecule has 0 amide bonds. The summed E-state index contributed by atoms with van der Waals surface area (Å²) in [4.78, 5) is 2.34. The molecule has 1 aliphatic heterocycles. The second-order valence-electron chi connectivity index (χ2n) is 5.61. The molecular formula is C13H22N4O2S. The zero-order valence-electron chi connectivity index (χ0n) is 11.7. The van der Waals surface area contributed by atoms with E-state index < -0.39 is 10.0 Å². The zero-order valence-corrected chi connectivity index (χ0v) is 12.5. The number of hydrogen-bond donors (Lipinski definition) is 0. The highest BCUT2D eigenvalue weighted by molar-refractivity contribution is 7.90. The molecule has 0 radical (unpaired) electrons. The second kappa shape index (κ2) is 5.83. The maximum atomic E-state index is 12.2. The predicted octanol–water partition coefficient (Wildman–Crippen LogP) is 0.383. The van der Waals surface area contributed by atoms with Gasteiger partial charge in [-0.2, -0.15) is 5.10 Å². The molecule has 2 heterocycles. The first-order chi connectivity index (χ1) is 9.66. The summed E-state index contributed by atoms with van der Waals surface area (Å²) >= 11 is 0. The van der Waals surface area contributed by atoms with E-state index in [0.29, 0.717) is 13.1 Å². The molecule has 112 valence electrons. The number of aromatic nitrogens is 2. The maximum Gasteiger partial charge on any atom is 0.217 e. The largest absolute Gasteiger partial charge is 0.300 e. The Morgan fingerprint density at radius 3 is 2.65 bits per heavy atom. The van der Waals surface area contributed by atoms with Gasteiger partial charge in [0.25, 0.3) is 0 Å². The van der Waals surface area contributed by atoms with Crippen LogP contribution in [0.2, 0.25) is 0 Å². The molecule has 2 fully saturated rings. The van der Waals surface area contributed by atoms with E-state index in [2.05, 4.69) is 10.00 Å². The number of nitrogens with zero attached hydrogens (tertiary/aromatic N) is 4. The minimum absolute atomic E-state index is 0.0851. The molecule has 3 rings (SSSR count). The van der Waals surface area contributed by atoms with Crippen molar-refractivity contribution in [3.63, 3.8) is 0 Å². The summed E-state index contributed by atoms with van der Waals surface area (Å²) in [6.07, 6.45) is 6.36. The normalized spacial score (nSPS) is 22.8. The van der Waals surface area contributed by atoms with Crippen molar-refractivity contribution >= 4 is 10.0 Å². The molecular weight excluding hydrogens is 276 g/mol. The van der Waals surface area contributed by atoms with Gasteiger partial charge in [-0.3, -0.25) is 4.68 Å². The van der Waals surface area contributed by atoms with Crippen LogP contribution in [0.25, 0.3) is 0 Å². The van der Waals surface area contributed by atoms with Crippen LogP contribution in [0.5, 0.6) is 0 Å². The van der Waals surface area contributed by atoms with Gasteiger partial charge in [0.1, 0.15) is 0 Å². The Morgan fingerprint density at radius 1 is 1.10 bits per heavy atom. The first-order valence-electron chi connectivity index (χ1n) is 7.35. The van der Waals surface area contributed by atoms with Gasteiger partial charge in [0.05, 0.1) is 11.8 Å². The van der Waals surface area contributed by atoms with Gasteiger partial charge in [0.2, 0.25) is 10.0 Å². The third kappa shape index (κ3) is 3.21. The van der Waals surface area contributed by atoms with E-state index in [1.165, 1.54) is 0 Å². The van der Waals surface area contributed by atoms with Crippen LogP contribution in [0.3, 0.4) is 0 Å². The lowest BCUT2D eigenvalue weighted by molar-refractivity contribution is 0.270. The highest BCUT2D eigenvalue weighted by Crippen LogP contribution is 2.31. The van der Waals surface area contributed by atoms with Crippen LogP contribution < -0.4 is 0 Å². The first-order valence-corrected chi connectivity index (χ1v) is 8.85. The fourth-order valence-electron chi connectivity index (χ4n) is 2.68. The number of sulfonamides is 1. The van der Waals surface area contributed by atoms with Crippen LogP contribution in [-0.4, -0.2) is 65.4 Å². The molecule has 1 saturated carbocycles. The molecule has 0 N–H and O–H groups in total. The smallest absolute Gasteiger partial charge is 0.217 e. The van der Waals surface area contributed by atoms with Gasteiger partial charge in [-0.25, -0.2) is 12.7 Å². The van der Waals surface area contributed by atoms with E-state index in [1.807, 2.05) is 16.9 Å². The van der Waals surface area contributed by atoms with Crippen molar-refractivity contribution in [1.82, 2.24) is 19.0 Å². The van der Waals surface area contributed by atoms with Crippen LogP contribution in [0.4, 0.5) is 0 Å². The van der Waals surface area contributed by atoms with E-state index in [9.17, 15) is 8.42 Å². The molecule has 20 heavy (non-hydrogen) atoms. The fourth-order valence-corrected chi connectivity index (χ4v) is 4.55. The molecule has 0 aromatic carbocycles. The Morgan fingerprint density at radius 2 is 1.95 bits per heavy atom. The van der Waals surface area contributed by atoms with Crippen molar-refractivity contribution in [2.75, 3.05) is 32.7 Å². The molecule has 0 unspecified atom stereocenters. The maximum absolute atomic E-state index is 12.2. The van der Waals surface area contributed by atoms with Crippen LogP contribution in [-0.2, 0) is 16.6 Å². The van der Waals surface area contributed by atoms with Gasteiger partial charge in [-0.1, -0.05) is 0 Å². The number of hydrogen-bond acceptors (Lipinski definition) is 4. The summed E-state index contributed by atoms with van der Waals surface area (Å²) in [6, 6.07) is 1.92. The summed E-state index contributed by atoms with van der Waals surface area (Å²) in [5, 5.41) is 4.11. The van der Waals surface area contributed by atoms with Crippen LogP contribution in [0.15, 0.2) is 18.5 Å². The monoisotopic (exact) mass is 298 g/mol. The van der Waals surface area contributed by atoms with Crippen molar-refractivity contribution in [3.05, 3.63) is 18.5 Å². The SMILES string of the molecule is O=S(=O)(C1CC1)N1CCCN(CCn2cccn2)CC1.